The molecule has 0 aliphatic carbocycles. The van der Waals surface area contributed by atoms with Crippen molar-refractivity contribution in [1.82, 2.24) is 0 Å². The van der Waals surface area contributed by atoms with Crippen LogP contribution in [0.5, 0.6) is 0 Å². The van der Waals surface area contributed by atoms with Crippen LogP contribution in [0, 0.1) is 3.73 Å². The van der Waals surface area contributed by atoms with E-state index in [0.717, 1.165) is 0 Å². The molecule has 0 heterocycles. The molecule has 0 aromatic carbocycles. The van der Waals surface area contributed by atoms with Gasteiger partial charge in [0.1, 0.15) is 0 Å². The van der Waals surface area contributed by atoms with E-state index < -0.39 is 17.3 Å². The van der Waals surface area contributed by atoms with E-state index in [1.165, 1.54) is 0 Å². The third-order valence-electron chi connectivity index (χ3n) is 0. The van der Waals surface area contributed by atoms with Crippen molar-refractivity contribution in [3.8, 4) is 0 Å². The van der Waals surface area contributed by atoms with Gasteiger partial charge in [-0.05, 0) is 0 Å². The Kier molecular flexibility index (Phi) is 1.53. The number of hydrogen-bond acceptors (Lipinski definition) is 2. The van der Waals surface area contributed by atoms with Gasteiger partial charge in [-0.1, -0.05) is 0 Å². The number of hydrogen-bond donors (Lipinski definition) is 1. The van der Waals surface area contributed by atoms with Crippen molar-refractivity contribution >= 4 is 0 Å². The molecule has 0 saturated heterocycles. The predicted molar refractivity (Wildman–Crippen MR) is 4.63 cm³/mol. The summed E-state index contributed by atoms with van der Waals surface area (Å²) in [5.41, 5.74) is 0. The number of nitrogens with zero attached hydrogens (tertiary/aromatic N) is 1. The molecule has 0 aliphatic heterocycles. The molecule has 0 atom stereocenters. The van der Waals surface area contributed by atoms with Crippen LogP contribution in [0.15, 0.2) is 0 Å². The monoisotopic (exact) mass is 145 g/mol. The van der Waals surface area contributed by atoms with Crippen molar-refractivity contribution in [3.05, 3.63) is 0 Å². The van der Waals surface area contributed by atoms with Crippen LogP contribution < -0.4 is 0 Å². The molecule has 0 amide bonds. The molecule has 4 heteroatoms. The Hall–Kier alpha value is 0.158. The Labute approximate surface area is 28.9 Å². The topological polar surface area (TPSA) is 61.1 Å². The third-order valence-corrected chi connectivity index (χ3v) is 0. The average Bonchev–Trinajstić information content (AvgIpc) is 0.811. The van der Waals surface area contributed by atoms with Gasteiger partial charge in [0.15, 0.2) is 0 Å². The molecule has 0 fully saturated rings. The van der Waals surface area contributed by atoms with Crippen molar-refractivity contribution in [2.24, 2.45) is 0 Å². The van der Waals surface area contributed by atoms with Gasteiger partial charge in [0, 0.05) is 0 Å². The van der Waals surface area contributed by atoms with E-state index in [9.17, 15) is 0 Å². The Morgan fingerprint density at radius 1 is 2.00 bits per heavy atom. The fourth-order valence-corrected chi connectivity index (χ4v) is 0. The summed E-state index contributed by atoms with van der Waals surface area (Å²) < 4.78 is 23.3. The minimum atomic E-state index is -3.61. The molecule has 0 aromatic rings. The molecular weight excluding hydrogens is 142 g/mol. The second-order valence-electron chi connectivity index (χ2n) is 0.231. The van der Waals surface area contributed by atoms with Crippen LogP contribution in [0.1, 0.15) is 0 Å². The predicted octanol–water partition coefficient (Wildman–Crippen LogP) is -0.663. The summed E-state index contributed by atoms with van der Waals surface area (Å²) in [6.07, 6.45) is 0. The first-order valence-electron chi connectivity index (χ1n) is 0.532. The summed E-state index contributed by atoms with van der Waals surface area (Å²) in [7, 11) is 0. The van der Waals surface area contributed by atoms with Gasteiger partial charge in [0.25, 0.3) is 0 Å². The molecule has 0 radical (unpaired) electrons. The Morgan fingerprint density at radius 3 is 2.00 bits per heavy atom. The van der Waals surface area contributed by atoms with E-state index in [2.05, 4.69) is 0 Å². The van der Waals surface area contributed by atoms with Crippen molar-refractivity contribution < 1.29 is 24.4 Å². The Morgan fingerprint density at radius 2 is 2.00 bits per heavy atom. The quantitative estimate of drug-likeness (QED) is 0.457. The SMILES string of the molecule is [N]#[Mo](=[O])[OH]. The van der Waals surface area contributed by atoms with Gasteiger partial charge in [0.05, 0.1) is 0 Å². The molecule has 0 saturated carbocycles. The van der Waals surface area contributed by atoms with Gasteiger partial charge in [-0.3, -0.25) is 0 Å². The molecule has 0 aliphatic rings. The van der Waals surface area contributed by atoms with E-state index >= 15 is 0 Å². The second-order valence-corrected chi connectivity index (χ2v) is 1.36. The summed E-state index contributed by atoms with van der Waals surface area (Å²) in [5.74, 6) is 0. The molecule has 3 nitrogen and oxygen atoms in total. The van der Waals surface area contributed by atoms with Crippen molar-refractivity contribution in [3.63, 3.8) is 0 Å². The molecule has 0 bridgehead atoms. The van der Waals surface area contributed by atoms with Crippen molar-refractivity contribution in [2.75, 3.05) is 0 Å². The zero-order valence-corrected chi connectivity index (χ0v) is 3.72. The van der Waals surface area contributed by atoms with E-state index in [0.29, 0.717) is 0 Å². The van der Waals surface area contributed by atoms with Gasteiger partial charge in [-0.25, -0.2) is 0 Å². The number of rotatable bonds is 0. The molecule has 0 unspecified atom stereocenters. The molecule has 24 valence electrons. The molecule has 0 aromatic heterocycles. The van der Waals surface area contributed by atoms with E-state index in [1.807, 2.05) is 0 Å². The van der Waals surface area contributed by atoms with E-state index in [-0.39, 0.29) is 0 Å². The van der Waals surface area contributed by atoms with Gasteiger partial charge in [-0.15, -0.1) is 0 Å². The summed E-state index contributed by atoms with van der Waals surface area (Å²) in [4.78, 5) is 0. The normalized spacial score (nSPS) is 6.00. The second kappa shape index (κ2) is 1.47. The van der Waals surface area contributed by atoms with Crippen molar-refractivity contribution in [2.45, 2.75) is 0 Å². The molecule has 0 rings (SSSR count). The summed E-state index contributed by atoms with van der Waals surface area (Å²) in [5, 5.41) is 0. The van der Waals surface area contributed by atoms with Crippen LogP contribution in [-0.4, -0.2) is 3.76 Å². The van der Waals surface area contributed by atoms with Gasteiger partial charge in [0.2, 0.25) is 0 Å². The van der Waals surface area contributed by atoms with Gasteiger partial charge >= 0.3 is 28.2 Å². The minimum absolute atomic E-state index is 3.61. The maximum absolute atomic E-state index is 8.81. The van der Waals surface area contributed by atoms with E-state index in [1.54, 1.807) is 0 Å². The maximum atomic E-state index is 8.81. The zero-order chi connectivity index (χ0) is 3.58. The first-order valence-corrected chi connectivity index (χ1v) is 3.15. The first kappa shape index (κ1) is 4.16. The summed E-state index contributed by atoms with van der Waals surface area (Å²) in [6, 6.07) is 0. The van der Waals surface area contributed by atoms with Crippen LogP contribution in [0.2, 0.25) is 0 Å². The van der Waals surface area contributed by atoms with E-state index in [4.69, 9.17) is 10.9 Å². The van der Waals surface area contributed by atoms with Crippen LogP contribution in [0.25, 0.3) is 0 Å². The Balaban J connectivity index is 3.85. The standard InChI is InChI=1S/Mo.N.H2O.O/h;;1H2;/q+1;;;/p-1. The van der Waals surface area contributed by atoms with Crippen molar-refractivity contribution in [1.29, 1.82) is 3.73 Å². The average molecular weight is 143 g/mol. The first-order chi connectivity index (χ1) is 1.73. The van der Waals surface area contributed by atoms with Gasteiger partial charge < -0.3 is 0 Å². The van der Waals surface area contributed by atoms with Crippen LogP contribution in [0.4, 0.5) is 0 Å². The zero-order valence-electron chi connectivity index (χ0n) is 1.71. The third kappa shape index (κ3) is 116. The summed E-state index contributed by atoms with van der Waals surface area (Å²) >= 11 is -3.61. The summed E-state index contributed by atoms with van der Waals surface area (Å²) in [6.45, 7) is 0. The molecule has 0 spiro atoms. The fraction of sp³-hybridized carbons (Fsp3) is 0. The fourth-order valence-electron chi connectivity index (χ4n) is 0. The Bertz CT molecular complexity index is 96.2. The molecule has 4 heavy (non-hydrogen) atoms. The van der Waals surface area contributed by atoms with Crippen LogP contribution in [0.3, 0.4) is 0 Å². The van der Waals surface area contributed by atoms with Crippen LogP contribution in [-0.2, 0) is 20.7 Å². The molecule has 1 N–H and O–H groups in total. The molecular formula is HMoNO2. The van der Waals surface area contributed by atoms with Gasteiger partial charge in [-0.2, -0.15) is 0 Å². The van der Waals surface area contributed by atoms with Crippen LogP contribution >= 0.6 is 0 Å².